The molecule has 47 heavy (non-hydrogen) atoms. The number of anilines is 3. The van der Waals surface area contributed by atoms with Gasteiger partial charge in [0.05, 0.1) is 5.69 Å². The minimum atomic E-state index is -0.101. The van der Waals surface area contributed by atoms with Crippen LogP contribution < -0.4 is 4.90 Å². The Morgan fingerprint density at radius 1 is 0.489 bits per heavy atom. The molecule has 0 spiro atoms. The van der Waals surface area contributed by atoms with Gasteiger partial charge in [0.2, 0.25) is 0 Å². The molecule has 0 N–H and O–H groups in total. The molecule has 0 heterocycles. The highest BCUT2D eigenvalue weighted by Gasteiger charge is 2.36. The van der Waals surface area contributed by atoms with Crippen LogP contribution in [0.4, 0.5) is 17.1 Å². The maximum absolute atomic E-state index is 2.49. The van der Waals surface area contributed by atoms with Crippen molar-refractivity contribution in [2.75, 3.05) is 4.90 Å². The summed E-state index contributed by atoms with van der Waals surface area (Å²) in [4.78, 5) is 2.49. The van der Waals surface area contributed by atoms with Crippen molar-refractivity contribution in [2.24, 2.45) is 0 Å². The van der Waals surface area contributed by atoms with Gasteiger partial charge in [-0.05, 0) is 91.5 Å². The minimum absolute atomic E-state index is 0.101. The van der Waals surface area contributed by atoms with Gasteiger partial charge in [0.25, 0.3) is 0 Å². The molecule has 0 bridgehead atoms. The van der Waals surface area contributed by atoms with Crippen LogP contribution in [-0.2, 0) is 5.41 Å². The third-order valence-corrected chi connectivity index (χ3v) is 10.0. The van der Waals surface area contributed by atoms with Crippen molar-refractivity contribution in [3.05, 3.63) is 174 Å². The van der Waals surface area contributed by atoms with Crippen LogP contribution in [0.2, 0.25) is 0 Å². The van der Waals surface area contributed by atoms with Crippen LogP contribution in [0.1, 0.15) is 50.3 Å². The second kappa shape index (κ2) is 11.4. The summed E-state index contributed by atoms with van der Waals surface area (Å²) in [7, 11) is 0. The smallest absolute Gasteiger partial charge is 0.0546 e. The third-order valence-electron chi connectivity index (χ3n) is 10.0. The molecule has 0 unspecified atom stereocenters. The number of hydrogen-bond acceptors (Lipinski definition) is 1. The summed E-state index contributed by atoms with van der Waals surface area (Å²) in [5.74, 6) is 0.382. The van der Waals surface area contributed by atoms with E-state index in [-0.39, 0.29) is 5.41 Å². The van der Waals surface area contributed by atoms with E-state index in [2.05, 4.69) is 190 Å². The molecule has 0 aliphatic heterocycles. The fourth-order valence-corrected chi connectivity index (χ4v) is 7.67. The lowest BCUT2D eigenvalue weighted by atomic mass is 9.82. The standard InChI is InChI=1S/C46H39N/c1-31(2)37-20-10-11-23-41(37)45-38-21-9-8-17-33(38)25-28-44(45)47(35-19-14-18-34(29-35)32-15-6-5-7-16-32)36-26-27-40-39-22-12-13-24-42(39)46(3,4)43(40)30-36/h5-31H,1-4H3. The summed E-state index contributed by atoms with van der Waals surface area (Å²) in [5.41, 5.74) is 15.1. The number of fused-ring (bicyclic) bond motifs is 4. The first kappa shape index (κ1) is 29.0. The Morgan fingerprint density at radius 3 is 1.98 bits per heavy atom. The van der Waals surface area contributed by atoms with Gasteiger partial charge in [-0.25, -0.2) is 0 Å². The quantitative estimate of drug-likeness (QED) is 0.182. The summed E-state index contributed by atoms with van der Waals surface area (Å²) in [6, 6.07) is 58.1. The SMILES string of the molecule is CC(C)c1ccccc1-c1c(N(c2cccc(-c3ccccc3)c2)c2ccc3c(c2)C(C)(C)c2ccccc2-3)ccc2ccccc12. The lowest BCUT2D eigenvalue weighted by molar-refractivity contribution is 0.660. The van der Waals surface area contributed by atoms with Crippen LogP contribution in [0.15, 0.2) is 158 Å². The third kappa shape index (κ3) is 4.86. The highest BCUT2D eigenvalue weighted by atomic mass is 15.1. The van der Waals surface area contributed by atoms with Gasteiger partial charge in [0, 0.05) is 22.4 Å². The van der Waals surface area contributed by atoms with E-state index in [1.807, 2.05) is 0 Å². The van der Waals surface area contributed by atoms with E-state index in [9.17, 15) is 0 Å². The van der Waals surface area contributed by atoms with Crippen LogP contribution in [0.5, 0.6) is 0 Å². The summed E-state index contributed by atoms with van der Waals surface area (Å²) < 4.78 is 0. The highest BCUT2D eigenvalue weighted by molar-refractivity contribution is 6.06. The average molecular weight is 606 g/mol. The molecule has 0 amide bonds. The lowest BCUT2D eigenvalue weighted by Crippen LogP contribution is -2.17. The van der Waals surface area contributed by atoms with Crippen LogP contribution >= 0.6 is 0 Å². The fourth-order valence-electron chi connectivity index (χ4n) is 7.67. The van der Waals surface area contributed by atoms with Gasteiger partial charge in [-0.3, -0.25) is 0 Å². The molecule has 1 nitrogen and oxygen atoms in total. The van der Waals surface area contributed by atoms with Crippen LogP contribution in [-0.4, -0.2) is 0 Å². The Morgan fingerprint density at radius 2 is 1.15 bits per heavy atom. The molecule has 0 aromatic heterocycles. The average Bonchev–Trinajstić information content (AvgIpc) is 3.34. The summed E-state index contributed by atoms with van der Waals surface area (Å²) in [6.07, 6.45) is 0. The monoisotopic (exact) mass is 605 g/mol. The zero-order valence-corrected chi connectivity index (χ0v) is 27.5. The molecule has 8 rings (SSSR count). The summed E-state index contributed by atoms with van der Waals surface area (Å²) >= 11 is 0. The topological polar surface area (TPSA) is 3.24 Å². The Balaban J connectivity index is 1.43. The number of hydrogen-bond donors (Lipinski definition) is 0. The molecule has 0 atom stereocenters. The first-order valence-corrected chi connectivity index (χ1v) is 16.7. The largest absolute Gasteiger partial charge is 0.310 e. The zero-order chi connectivity index (χ0) is 32.1. The summed E-state index contributed by atoms with van der Waals surface area (Å²) in [5, 5.41) is 2.50. The molecule has 228 valence electrons. The van der Waals surface area contributed by atoms with E-state index in [1.54, 1.807) is 0 Å². The van der Waals surface area contributed by atoms with Crippen molar-refractivity contribution >= 4 is 27.8 Å². The van der Waals surface area contributed by atoms with Crippen molar-refractivity contribution in [1.29, 1.82) is 0 Å². The fraction of sp³-hybridized carbons (Fsp3) is 0.130. The van der Waals surface area contributed by atoms with Crippen molar-refractivity contribution in [3.8, 4) is 33.4 Å². The van der Waals surface area contributed by atoms with Gasteiger partial charge in [0.15, 0.2) is 0 Å². The number of benzene rings is 7. The van der Waals surface area contributed by atoms with E-state index < -0.39 is 0 Å². The number of rotatable bonds is 6. The Labute approximate surface area is 278 Å². The van der Waals surface area contributed by atoms with Gasteiger partial charge in [-0.1, -0.05) is 155 Å². The molecule has 1 aliphatic carbocycles. The van der Waals surface area contributed by atoms with Gasteiger partial charge < -0.3 is 4.90 Å². The first-order chi connectivity index (χ1) is 22.9. The highest BCUT2D eigenvalue weighted by Crippen LogP contribution is 2.52. The molecular formula is C46H39N. The van der Waals surface area contributed by atoms with Crippen LogP contribution in [0.25, 0.3) is 44.2 Å². The van der Waals surface area contributed by atoms with Crippen molar-refractivity contribution in [2.45, 2.75) is 39.0 Å². The predicted octanol–water partition coefficient (Wildman–Crippen LogP) is 13.1. The van der Waals surface area contributed by atoms with Crippen molar-refractivity contribution in [3.63, 3.8) is 0 Å². The second-order valence-electron chi connectivity index (χ2n) is 13.6. The molecule has 0 saturated heterocycles. The normalized spacial score (nSPS) is 13.0. The van der Waals surface area contributed by atoms with Gasteiger partial charge in [-0.15, -0.1) is 0 Å². The van der Waals surface area contributed by atoms with E-state index >= 15 is 0 Å². The Kier molecular flexibility index (Phi) is 7.07. The van der Waals surface area contributed by atoms with Crippen LogP contribution in [0.3, 0.4) is 0 Å². The van der Waals surface area contributed by atoms with E-state index in [0.29, 0.717) is 5.92 Å². The summed E-state index contributed by atoms with van der Waals surface area (Å²) in [6.45, 7) is 9.32. The zero-order valence-electron chi connectivity index (χ0n) is 27.5. The second-order valence-corrected chi connectivity index (χ2v) is 13.6. The number of nitrogens with zero attached hydrogens (tertiary/aromatic N) is 1. The predicted molar refractivity (Wildman–Crippen MR) is 201 cm³/mol. The maximum Gasteiger partial charge on any atom is 0.0546 e. The molecular weight excluding hydrogens is 567 g/mol. The van der Waals surface area contributed by atoms with E-state index in [1.165, 1.54) is 66.5 Å². The molecule has 7 aromatic carbocycles. The Hall–Kier alpha value is -5.40. The first-order valence-electron chi connectivity index (χ1n) is 16.7. The molecule has 0 radical (unpaired) electrons. The molecule has 1 aliphatic rings. The van der Waals surface area contributed by atoms with E-state index in [4.69, 9.17) is 0 Å². The van der Waals surface area contributed by atoms with Gasteiger partial charge in [0.1, 0.15) is 0 Å². The molecule has 7 aromatic rings. The van der Waals surface area contributed by atoms with E-state index in [0.717, 1.165) is 11.4 Å². The molecule has 0 fully saturated rings. The van der Waals surface area contributed by atoms with Gasteiger partial charge >= 0.3 is 0 Å². The van der Waals surface area contributed by atoms with Gasteiger partial charge in [-0.2, -0.15) is 0 Å². The molecule has 1 heteroatoms. The maximum atomic E-state index is 2.49. The Bertz CT molecular complexity index is 2260. The molecule has 0 saturated carbocycles. The minimum Gasteiger partial charge on any atom is -0.310 e. The van der Waals surface area contributed by atoms with Crippen molar-refractivity contribution in [1.82, 2.24) is 0 Å². The van der Waals surface area contributed by atoms with Crippen LogP contribution in [0, 0.1) is 0 Å². The van der Waals surface area contributed by atoms with Crippen molar-refractivity contribution < 1.29 is 0 Å². The lowest BCUT2D eigenvalue weighted by Gasteiger charge is -2.31.